The molecule has 2 rings (SSSR count). The summed E-state index contributed by atoms with van der Waals surface area (Å²) in [7, 11) is 0. The van der Waals surface area contributed by atoms with Gasteiger partial charge in [0.1, 0.15) is 11.4 Å². The second kappa shape index (κ2) is 6.71. The van der Waals surface area contributed by atoms with Gasteiger partial charge in [0.05, 0.1) is 5.52 Å². The molecule has 1 aromatic heterocycles. The summed E-state index contributed by atoms with van der Waals surface area (Å²) in [5.41, 5.74) is 1.02. The van der Waals surface area contributed by atoms with E-state index in [1.54, 1.807) is 6.33 Å². The Kier molecular flexibility index (Phi) is 4.96. The highest BCUT2D eigenvalue weighted by atomic mass is 32.2. The van der Waals surface area contributed by atoms with Crippen molar-refractivity contribution in [2.75, 3.05) is 12.3 Å². The van der Waals surface area contributed by atoms with Crippen LogP contribution in [0, 0.1) is 0 Å². The second-order valence-electron chi connectivity index (χ2n) is 4.51. The molecule has 0 saturated carbocycles. The minimum atomic E-state index is 0.565. The fraction of sp³-hybridized carbons (Fsp3) is 0.429. The molecule has 0 atom stereocenters. The van der Waals surface area contributed by atoms with Crippen LogP contribution in [0.15, 0.2) is 35.6 Å². The molecule has 0 spiro atoms. The summed E-state index contributed by atoms with van der Waals surface area (Å²) < 4.78 is 0. The number of nitrogens with zero attached hydrogens (tertiary/aromatic N) is 2. The average molecular weight is 261 g/mol. The van der Waals surface area contributed by atoms with Gasteiger partial charge in [0.15, 0.2) is 0 Å². The van der Waals surface area contributed by atoms with Crippen LogP contribution < -0.4 is 5.32 Å². The van der Waals surface area contributed by atoms with Crippen molar-refractivity contribution in [3.05, 3.63) is 30.6 Å². The van der Waals surface area contributed by atoms with E-state index >= 15 is 0 Å². The van der Waals surface area contributed by atoms with Crippen LogP contribution in [-0.4, -0.2) is 28.3 Å². The maximum Gasteiger partial charge on any atom is 0.117 e. The molecule has 0 aliphatic heterocycles. The first-order chi connectivity index (χ1) is 8.77. The van der Waals surface area contributed by atoms with Crippen molar-refractivity contribution in [3.63, 3.8) is 0 Å². The minimum Gasteiger partial charge on any atom is -0.315 e. The molecule has 0 bridgehead atoms. The van der Waals surface area contributed by atoms with Crippen molar-refractivity contribution in [1.29, 1.82) is 0 Å². The number of hydrogen-bond acceptors (Lipinski definition) is 4. The topological polar surface area (TPSA) is 37.8 Å². The Morgan fingerprint density at radius 1 is 1.22 bits per heavy atom. The van der Waals surface area contributed by atoms with Crippen molar-refractivity contribution >= 4 is 22.7 Å². The predicted molar refractivity (Wildman–Crippen MR) is 78.0 cm³/mol. The molecule has 1 aromatic carbocycles. The fourth-order valence-corrected chi connectivity index (χ4v) is 2.66. The van der Waals surface area contributed by atoms with Gasteiger partial charge in [0, 0.05) is 17.2 Å². The van der Waals surface area contributed by atoms with Gasteiger partial charge < -0.3 is 5.32 Å². The summed E-state index contributed by atoms with van der Waals surface area (Å²) in [5, 5.41) is 5.67. The van der Waals surface area contributed by atoms with Crippen molar-refractivity contribution in [2.45, 2.75) is 31.3 Å². The summed E-state index contributed by atoms with van der Waals surface area (Å²) in [5.74, 6) is 1.08. The number of hydrogen-bond donors (Lipinski definition) is 1. The van der Waals surface area contributed by atoms with Gasteiger partial charge in [-0.2, -0.15) is 0 Å². The molecule has 1 heterocycles. The van der Waals surface area contributed by atoms with Crippen LogP contribution in [0.1, 0.15) is 20.3 Å². The maximum atomic E-state index is 4.37. The summed E-state index contributed by atoms with van der Waals surface area (Å²) in [6.07, 6.45) is 2.80. The highest BCUT2D eigenvalue weighted by Gasteiger charge is 2.03. The van der Waals surface area contributed by atoms with Crippen LogP contribution in [0.5, 0.6) is 0 Å². The number of nitrogens with one attached hydrogen (secondary N) is 1. The van der Waals surface area contributed by atoms with E-state index in [9.17, 15) is 0 Å². The van der Waals surface area contributed by atoms with Crippen LogP contribution >= 0.6 is 11.8 Å². The van der Waals surface area contributed by atoms with E-state index in [1.807, 2.05) is 30.0 Å². The zero-order valence-electron chi connectivity index (χ0n) is 10.9. The molecule has 18 heavy (non-hydrogen) atoms. The van der Waals surface area contributed by atoms with Gasteiger partial charge >= 0.3 is 0 Å². The molecule has 0 unspecified atom stereocenters. The number of thioether (sulfide) groups is 1. The predicted octanol–water partition coefficient (Wildman–Crippen LogP) is 3.11. The van der Waals surface area contributed by atoms with Crippen molar-refractivity contribution in [1.82, 2.24) is 15.3 Å². The summed E-state index contributed by atoms with van der Waals surface area (Å²) >= 11 is 1.81. The van der Waals surface area contributed by atoms with Gasteiger partial charge in [0.25, 0.3) is 0 Å². The molecule has 0 radical (unpaired) electrons. The Morgan fingerprint density at radius 3 is 2.89 bits per heavy atom. The summed E-state index contributed by atoms with van der Waals surface area (Å²) in [4.78, 5) is 8.64. The standard InChI is InChI=1S/C14H19N3S/c1-11(2)15-8-5-9-18-14-12-6-3-4-7-13(12)16-10-17-14/h3-4,6-7,10-11,15H,5,8-9H2,1-2H3. The number of para-hydroxylation sites is 1. The van der Waals surface area contributed by atoms with Crippen molar-refractivity contribution in [2.24, 2.45) is 0 Å². The SMILES string of the molecule is CC(C)NCCCSc1ncnc2ccccc12. The lowest BCUT2D eigenvalue weighted by atomic mass is 10.2. The smallest absolute Gasteiger partial charge is 0.117 e. The Labute approximate surface area is 112 Å². The first kappa shape index (κ1) is 13.3. The third-order valence-electron chi connectivity index (χ3n) is 2.62. The highest BCUT2D eigenvalue weighted by molar-refractivity contribution is 7.99. The van der Waals surface area contributed by atoms with E-state index in [4.69, 9.17) is 0 Å². The van der Waals surface area contributed by atoms with Gasteiger partial charge in [0.2, 0.25) is 0 Å². The number of benzene rings is 1. The van der Waals surface area contributed by atoms with E-state index in [0.717, 1.165) is 34.6 Å². The van der Waals surface area contributed by atoms with E-state index in [1.165, 1.54) is 0 Å². The second-order valence-corrected chi connectivity index (χ2v) is 5.59. The molecular formula is C14H19N3S. The van der Waals surface area contributed by atoms with E-state index in [-0.39, 0.29) is 0 Å². The average Bonchev–Trinajstić information content (AvgIpc) is 2.38. The summed E-state index contributed by atoms with van der Waals surface area (Å²) in [6, 6.07) is 8.73. The molecule has 96 valence electrons. The molecule has 0 aliphatic carbocycles. The Balaban J connectivity index is 1.91. The van der Waals surface area contributed by atoms with E-state index in [0.29, 0.717) is 6.04 Å². The van der Waals surface area contributed by atoms with Crippen molar-refractivity contribution < 1.29 is 0 Å². The molecule has 2 aromatic rings. The molecule has 1 N–H and O–H groups in total. The molecular weight excluding hydrogens is 242 g/mol. The van der Waals surface area contributed by atoms with E-state index < -0.39 is 0 Å². The maximum absolute atomic E-state index is 4.37. The normalized spacial score (nSPS) is 11.3. The molecule has 0 fully saturated rings. The molecule has 0 saturated heterocycles. The first-order valence-electron chi connectivity index (χ1n) is 6.33. The van der Waals surface area contributed by atoms with Gasteiger partial charge in [-0.1, -0.05) is 32.0 Å². The Morgan fingerprint density at radius 2 is 2.06 bits per heavy atom. The van der Waals surface area contributed by atoms with Crippen LogP contribution in [0.4, 0.5) is 0 Å². The monoisotopic (exact) mass is 261 g/mol. The lowest BCUT2D eigenvalue weighted by Crippen LogP contribution is -2.23. The zero-order chi connectivity index (χ0) is 12.8. The van der Waals surface area contributed by atoms with Crippen LogP contribution in [-0.2, 0) is 0 Å². The largest absolute Gasteiger partial charge is 0.315 e. The molecule has 0 amide bonds. The number of fused-ring (bicyclic) bond motifs is 1. The van der Waals surface area contributed by atoms with Crippen LogP contribution in [0.3, 0.4) is 0 Å². The van der Waals surface area contributed by atoms with Crippen LogP contribution in [0.25, 0.3) is 10.9 Å². The van der Waals surface area contributed by atoms with Gasteiger partial charge in [-0.05, 0) is 19.0 Å². The van der Waals surface area contributed by atoms with Crippen LogP contribution in [0.2, 0.25) is 0 Å². The van der Waals surface area contributed by atoms with E-state index in [2.05, 4.69) is 35.2 Å². The summed E-state index contributed by atoms with van der Waals surface area (Å²) in [6.45, 7) is 5.41. The fourth-order valence-electron chi connectivity index (χ4n) is 1.73. The molecule has 0 aliphatic rings. The highest BCUT2D eigenvalue weighted by Crippen LogP contribution is 2.24. The van der Waals surface area contributed by atoms with Gasteiger partial charge in [-0.3, -0.25) is 0 Å². The first-order valence-corrected chi connectivity index (χ1v) is 7.32. The third kappa shape index (κ3) is 3.68. The minimum absolute atomic E-state index is 0.565. The third-order valence-corrected chi connectivity index (χ3v) is 3.71. The molecule has 4 heteroatoms. The Hall–Kier alpha value is -1.13. The van der Waals surface area contributed by atoms with Gasteiger partial charge in [-0.25, -0.2) is 9.97 Å². The lowest BCUT2D eigenvalue weighted by Gasteiger charge is -2.07. The number of rotatable bonds is 6. The zero-order valence-corrected chi connectivity index (χ0v) is 11.7. The molecule has 3 nitrogen and oxygen atoms in total. The Bertz CT molecular complexity index is 494. The van der Waals surface area contributed by atoms with Crippen molar-refractivity contribution in [3.8, 4) is 0 Å². The lowest BCUT2D eigenvalue weighted by molar-refractivity contribution is 0.586. The quantitative estimate of drug-likeness (QED) is 0.492. The number of aromatic nitrogens is 2. The van der Waals surface area contributed by atoms with Gasteiger partial charge in [-0.15, -0.1) is 11.8 Å².